The molecule has 1 heterocycles. The van der Waals surface area contributed by atoms with Crippen LogP contribution in [0.5, 0.6) is 11.5 Å². The second-order valence-corrected chi connectivity index (χ2v) is 8.37. The number of carbonyl (C=O) groups is 1. The minimum Gasteiger partial charge on any atom is -0.489 e. The van der Waals surface area contributed by atoms with Crippen molar-refractivity contribution >= 4 is 22.6 Å². The minimum atomic E-state index is -4.74. The fourth-order valence-corrected chi connectivity index (χ4v) is 3.57. The Morgan fingerprint density at radius 3 is 2.47 bits per heavy atom. The van der Waals surface area contributed by atoms with Crippen molar-refractivity contribution in [3.05, 3.63) is 84.2 Å². The first-order chi connectivity index (χ1) is 17.2. The third-order valence-electron chi connectivity index (χ3n) is 5.37. The maximum absolute atomic E-state index is 13.5. The number of benzene rings is 3. The second-order valence-electron chi connectivity index (χ2n) is 8.37. The van der Waals surface area contributed by atoms with Crippen molar-refractivity contribution in [1.82, 2.24) is 14.9 Å². The number of imidazole rings is 1. The summed E-state index contributed by atoms with van der Waals surface area (Å²) in [6.07, 6.45) is -3.15. The van der Waals surface area contributed by atoms with E-state index in [-0.39, 0.29) is 18.3 Å². The first-order valence-corrected chi connectivity index (χ1v) is 11.2. The summed E-state index contributed by atoms with van der Waals surface area (Å²) < 4.78 is 46.8. The van der Waals surface area contributed by atoms with E-state index in [1.165, 1.54) is 24.3 Å². The lowest BCUT2D eigenvalue weighted by Crippen LogP contribution is -2.36. The maximum atomic E-state index is 13.5. The van der Waals surface area contributed by atoms with Gasteiger partial charge in [-0.1, -0.05) is 18.2 Å². The molecule has 0 saturated heterocycles. The molecule has 7 nitrogen and oxygen atoms in total. The molecular formula is C26H25F3N4O3. The minimum absolute atomic E-state index is 0.137. The summed E-state index contributed by atoms with van der Waals surface area (Å²) in [5, 5.41) is 0. The van der Waals surface area contributed by atoms with Crippen LogP contribution in [0.3, 0.4) is 0 Å². The largest absolute Gasteiger partial charge is 0.573 e. The number of carbonyl (C=O) groups excluding carboxylic acids is 1. The highest BCUT2D eigenvalue weighted by Gasteiger charge is 2.31. The van der Waals surface area contributed by atoms with Gasteiger partial charge in [-0.2, -0.15) is 0 Å². The molecule has 4 rings (SSSR count). The summed E-state index contributed by atoms with van der Waals surface area (Å²) in [5.74, 6) is 0.0668. The van der Waals surface area contributed by atoms with Gasteiger partial charge in [-0.15, -0.1) is 13.2 Å². The van der Waals surface area contributed by atoms with E-state index in [2.05, 4.69) is 14.7 Å². The molecule has 0 spiro atoms. The Labute approximate surface area is 206 Å². The average Bonchev–Trinajstić information content (AvgIpc) is 3.31. The zero-order chi connectivity index (χ0) is 25.7. The van der Waals surface area contributed by atoms with Crippen molar-refractivity contribution in [1.29, 1.82) is 0 Å². The fraction of sp³-hybridized carbons (Fsp3) is 0.231. The van der Waals surface area contributed by atoms with Crippen LogP contribution in [0.15, 0.2) is 73.1 Å². The average molecular weight is 499 g/mol. The number of aromatic nitrogens is 2. The van der Waals surface area contributed by atoms with E-state index >= 15 is 0 Å². The lowest BCUT2D eigenvalue weighted by Gasteiger charge is -2.25. The number of hydrogen-bond acceptors (Lipinski definition) is 5. The molecule has 0 fully saturated rings. The number of amides is 1. The van der Waals surface area contributed by atoms with Crippen LogP contribution in [-0.2, 0) is 6.61 Å². The molecule has 0 bridgehead atoms. The number of nitrogens with zero attached hydrogens (tertiary/aromatic N) is 3. The maximum Gasteiger partial charge on any atom is 0.573 e. The molecule has 0 aliphatic heterocycles. The van der Waals surface area contributed by atoms with E-state index in [0.717, 1.165) is 11.0 Å². The Kier molecular flexibility index (Phi) is 7.44. The number of hydrogen-bond donors (Lipinski definition) is 1. The van der Waals surface area contributed by atoms with Crippen molar-refractivity contribution in [2.75, 3.05) is 32.1 Å². The van der Waals surface area contributed by atoms with Gasteiger partial charge < -0.3 is 24.3 Å². The van der Waals surface area contributed by atoms with Crippen LogP contribution in [-0.4, -0.2) is 54.3 Å². The van der Waals surface area contributed by atoms with Gasteiger partial charge >= 0.3 is 6.36 Å². The number of likely N-dealkylation sites (N-methyl/N-ethyl adjacent to an activating group) is 1. The van der Waals surface area contributed by atoms with Crippen molar-refractivity contribution in [3.8, 4) is 11.5 Å². The summed E-state index contributed by atoms with van der Waals surface area (Å²) >= 11 is 0. The monoisotopic (exact) mass is 498 g/mol. The summed E-state index contributed by atoms with van der Waals surface area (Å²) in [5.41, 5.74) is 3.41. The number of alkyl halides is 3. The van der Waals surface area contributed by atoms with Gasteiger partial charge in [0, 0.05) is 30.4 Å². The van der Waals surface area contributed by atoms with Gasteiger partial charge in [-0.05, 0) is 62.1 Å². The van der Waals surface area contributed by atoms with E-state index in [0.29, 0.717) is 35.7 Å². The quantitative estimate of drug-likeness (QED) is 0.341. The Morgan fingerprint density at radius 1 is 0.972 bits per heavy atom. The molecule has 1 aromatic heterocycles. The Morgan fingerprint density at radius 2 is 1.75 bits per heavy atom. The van der Waals surface area contributed by atoms with Gasteiger partial charge in [0.15, 0.2) is 0 Å². The van der Waals surface area contributed by atoms with Gasteiger partial charge in [0.25, 0.3) is 5.91 Å². The van der Waals surface area contributed by atoms with Gasteiger partial charge in [0.1, 0.15) is 18.1 Å². The SMILES string of the molecule is CN(C)CCN(C(=O)c1ccc2nc[nH]c2c1)c1cccc(OCc2ccc(OC(F)(F)F)cc2)c1. The van der Waals surface area contributed by atoms with Crippen molar-refractivity contribution in [2.45, 2.75) is 13.0 Å². The highest BCUT2D eigenvalue weighted by Crippen LogP contribution is 2.26. The predicted octanol–water partition coefficient (Wildman–Crippen LogP) is 5.25. The molecule has 1 amide bonds. The van der Waals surface area contributed by atoms with Crippen LogP contribution >= 0.6 is 0 Å². The molecule has 1 N–H and O–H groups in total. The molecule has 0 unspecified atom stereocenters. The van der Waals surface area contributed by atoms with Crippen LogP contribution in [0.1, 0.15) is 15.9 Å². The zero-order valence-corrected chi connectivity index (χ0v) is 19.7. The first-order valence-electron chi connectivity index (χ1n) is 11.2. The number of halogens is 3. The standard InChI is InChI=1S/C26H25F3N4O3/c1-32(2)12-13-33(25(34)19-8-11-23-24(14-19)31-17-30-23)20-4-3-5-22(15-20)35-16-18-6-9-21(10-7-18)36-26(27,28)29/h3-11,14-15,17H,12-13,16H2,1-2H3,(H,30,31). The number of fused-ring (bicyclic) bond motifs is 1. The Balaban J connectivity index is 1.50. The summed E-state index contributed by atoms with van der Waals surface area (Å²) in [4.78, 5) is 24.4. The van der Waals surface area contributed by atoms with E-state index in [1.807, 2.05) is 25.1 Å². The lowest BCUT2D eigenvalue weighted by atomic mass is 10.1. The molecule has 0 saturated carbocycles. The van der Waals surface area contributed by atoms with E-state index in [9.17, 15) is 18.0 Å². The second kappa shape index (κ2) is 10.7. The van der Waals surface area contributed by atoms with Crippen molar-refractivity contribution in [2.24, 2.45) is 0 Å². The summed E-state index contributed by atoms with van der Waals surface area (Å²) in [6.45, 7) is 1.24. The Hall–Kier alpha value is -4.05. The zero-order valence-electron chi connectivity index (χ0n) is 19.7. The predicted molar refractivity (Wildman–Crippen MR) is 130 cm³/mol. The van der Waals surface area contributed by atoms with Crippen LogP contribution in [0.25, 0.3) is 11.0 Å². The van der Waals surface area contributed by atoms with Crippen molar-refractivity contribution < 1.29 is 27.4 Å². The summed E-state index contributed by atoms with van der Waals surface area (Å²) in [7, 11) is 3.87. The molecule has 0 aliphatic carbocycles. The number of rotatable bonds is 9. The third-order valence-corrected chi connectivity index (χ3v) is 5.37. The smallest absolute Gasteiger partial charge is 0.489 e. The number of anilines is 1. The Bertz CT molecular complexity index is 1320. The molecular weight excluding hydrogens is 473 g/mol. The number of aromatic amines is 1. The molecule has 10 heteroatoms. The molecule has 0 radical (unpaired) electrons. The van der Waals surface area contributed by atoms with Gasteiger partial charge in [0.2, 0.25) is 0 Å². The lowest BCUT2D eigenvalue weighted by molar-refractivity contribution is -0.274. The van der Waals surface area contributed by atoms with Crippen LogP contribution in [0, 0.1) is 0 Å². The molecule has 0 aliphatic rings. The van der Waals surface area contributed by atoms with E-state index < -0.39 is 6.36 Å². The fourth-order valence-electron chi connectivity index (χ4n) is 3.57. The normalized spacial score (nSPS) is 11.6. The highest BCUT2D eigenvalue weighted by molar-refractivity contribution is 6.07. The topological polar surface area (TPSA) is 70.7 Å². The molecule has 188 valence electrons. The van der Waals surface area contributed by atoms with Crippen LogP contribution in [0.2, 0.25) is 0 Å². The van der Waals surface area contributed by atoms with E-state index in [1.54, 1.807) is 47.6 Å². The van der Waals surface area contributed by atoms with Gasteiger partial charge in [0.05, 0.1) is 17.4 Å². The molecule has 0 atom stereocenters. The number of H-pyrrole nitrogens is 1. The molecule has 36 heavy (non-hydrogen) atoms. The number of nitrogens with one attached hydrogen (secondary N) is 1. The first kappa shape index (κ1) is 25.1. The highest BCUT2D eigenvalue weighted by atomic mass is 19.4. The molecule has 4 aromatic rings. The van der Waals surface area contributed by atoms with Gasteiger partial charge in [-0.25, -0.2) is 4.98 Å². The van der Waals surface area contributed by atoms with Gasteiger partial charge in [-0.3, -0.25) is 4.79 Å². The summed E-state index contributed by atoms with van der Waals surface area (Å²) in [6, 6.07) is 18.0. The number of ether oxygens (including phenoxy) is 2. The van der Waals surface area contributed by atoms with E-state index in [4.69, 9.17) is 4.74 Å². The van der Waals surface area contributed by atoms with Crippen LogP contribution in [0.4, 0.5) is 18.9 Å². The van der Waals surface area contributed by atoms with Crippen molar-refractivity contribution in [3.63, 3.8) is 0 Å². The third kappa shape index (κ3) is 6.54. The van der Waals surface area contributed by atoms with Crippen LogP contribution < -0.4 is 14.4 Å². The molecule has 3 aromatic carbocycles.